The summed E-state index contributed by atoms with van der Waals surface area (Å²) in [6.45, 7) is -0.699. The van der Waals surface area contributed by atoms with Crippen LogP contribution in [0.2, 0.25) is 0 Å². The van der Waals surface area contributed by atoms with Gasteiger partial charge < -0.3 is 4.84 Å². The average molecular weight is 237 g/mol. The highest BCUT2D eigenvalue weighted by Gasteiger charge is 2.85. The summed E-state index contributed by atoms with van der Waals surface area (Å²) >= 11 is 0. The van der Waals surface area contributed by atoms with E-state index in [1.807, 2.05) is 0 Å². The van der Waals surface area contributed by atoms with E-state index in [0.29, 0.717) is 0 Å². The number of alkyl halides is 6. The molecule has 1 saturated heterocycles. The van der Waals surface area contributed by atoms with E-state index in [-0.39, 0.29) is 0 Å². The molecule has 9 heteroatoms. The van der Waals surface area contributed by atoms with E-state index in [1.165, 1.54) is 0 Å². The minimum atomic E-state index is -5.53. The zero-order valence-corrected chi connectivity index (χ0v) is 7.24. The smallest absolute Gasteiger partial charge is 0.367 e. The molecule has 3 nitrogen and oxygen atoms in total. The van der Waals surface area contributed by atoms with Crippen LogP contribution in [0.5, 0.6) is 0 Å². The third kappa shape index (κ3) is 1.75. The third-order valence-electron chi connectivity index (χ3n) is 1.87. The molecule has 0 saturated carbocycles. The normalized spacial score (nSPS) is 24.9. The van der Waals surface area contributed by atoms with Gasteiger partial charge in [0, 0.05) is 6.92 Å². The summed E-state index contributed by atoms with van der Waals surface area (Å²) in [7, 11) is 0. The van der Waals surface area contributed by atoms with Crippen molar-refractivity contribution in [2.45, 2.75) is 24.8 Å². The van der Waals surface area contributed by atoms with E-state index in [2.05, 4.69) is 4.84 Å². The van der Waals surface area contributed by atoms with Gasteiger partial charge in [-0.3, -0.25) is 4.79 Å². The van der Waals surface area contributed by atoms with Crippen molar-refractivity contribution >= 4 is 5.97 Å². The van der Waals surface area contributed by atoms with Crippen LogP contribution < -0.4 is 0 Å². The highest BCUT2D eigenvalue weighted by Crippen LogP contribution is 2.56. The summed E-state index contributed by atoms with van der Waals surface area (Å²) in [5.41, 5.74) is -4.04. The lowest BCUT2D eigenvalue weighted by atomic mass is 10.1. The van der Waals surface area contributed by atoms with E-state index in [0.717, 1.165) is 6.92 Å². The molecule has 0 aromatic heterocycles. The Kier molecular flexibility index (Phi) is 2.42. The first-order valence-electron chi connectivity index (χ1n) is 3.62. The van der Waals surface area contributed by atoms with Gasteiger partial charge in [-0.2, -0.15) is 26.3 Å². The van der Waals surface area contributed by atoms with Crippen LogP contribution >= 0.6 is 0 Å². The maximum atomic E-state index is 12.1. The first-order valence-corrected chi connectivity index (χ1v) is 3.62. The molecule has 0 amide bonds. The van der Waals surface area contributed by atoms with Crippen LogP contribution in [0.25, 0.3) is 0 Å². The maximum absolute atomic E-state index is 12.1. The fourth-order valence-corrected chi connectivity index (χ4v) is 1.06. The van der Waals surface area contributed by atoms with Crippen molar-refractivity contribution in [1.82, 2.24) is 5.06 Å². The number of carbonyl (C=O) groups excluding carboxylic acids is 1. The van der Waals surface area contributed by atoms with E-state index in [9.17, 15) is 31.1 Å². The van der Waals surface area contributed by atoms with E-state index in [1.54, 1.807) is 0 Å². The maximum Gasteiger partial charge on any atom is 0.420 e. The number of hydroxylamine groups is 2. The van der Waals surface area contributed by atoms with Gasteiger partial charge in [0.25, 0.3) is 5.54 Å². The van der Waals surface area contributed by atoms with Gasteiger partial charge in [0.1, 0.15) is 0 Å². The minimum absolute atomic E-state index is 0.421. The van der Waals surface area contributed by atoms with Crippen molar-refractivity contribution in [3.8, 4) is 0 Å². The van der Waals surface area contributed by atoms with Crippen LogP contribution in [0.3, 0.4) is 0 Å². The number of hydrogen-bond acceptors (Lipinski definition) is 3. The molecule has 0 aromatic carbocycles. The predicted octanol–water partition coefficient (Wildman–Crippen LogP) is 1.64. The first-order chi connectivity index (χ1) is 6.52. The minimum Gasteiger partial charge on any atom is -0.367 e. The lowest BCUT2D eigenvalue weighted by Crippen LogP contribution is -2.49. The highest BCUT2D eigenvalue weighted by atomic mass is 19.4. The van der Waals surface area contributed by atoms with Crippen molar-refractivity contribution < 1.29 is 36.0 Å². The fraction of sp³-hybridized carbons (Fsp3) is 0.833. The second-order valence-corrected chi connectivity index (χ2v) is 2.98. The average Bonchev–Trinajstić information content (AvgIpc) is 2.57. The van der Waals surface area contributed by atoms with Crippen LogP contribution in [0.1, 0.15) is 6.92 Å². The Morgan fingerprint density at radius 2 is 1.60 bits per heavy atom. The lowest BCUT2D eigenvalue weighted by molar-refractivity contribution is -0.301. The predicted molar refractivity (Wildman–Crippen MR) is 33.3 cm³/mol. The molecule has 0 bridgehead atoms. The molecular formula is C6H5F6NO2. The molecule has 1 aliphatic rings. The van der Waals surface area contributed by atoms with E-state index in [4.69, 9.17) is 0 Å². The van der Waals surface area contributed by atoms with E-state index >= 15 is 0 Å². The number of carbonyl (C=O) groups is 1. The molecule has 0 N–H and O–H groups in total. The molecule has 1 rings (SSSR count). The standard InChI is InChI=1S/C6H5F6NO2/c1-3(14)15-13-2-4(13,5(7,8)9)6(10,11)12/h2H2,1H3. The van der Waals surface area contributed by atoms with Gasteiger partial charge in [-0.1, -0.05) is 0 Å². The summed E-state index contributed by atoms with van der Waals surface area (Å²) in [4.78, 5) is 14.0. The Morgan fingerprint density at radius 1 is 1.20 bits per heavy atom. The second kappa shape index (κ2) is 3.00. The van der Waals surface area contributed by atoms with Gasteiger partial charge in [0.2, 0.25) is 0 Å². The van der Waals surface area contributed by atoms with Crippen LogP contribution in [0.4, 0.5) is 26.3 Å². The number of halogens is 6. The molecule has 0 aliphatic carbocycles. The van der Waals surface area contributed by atoms with Crippen molar-refractivity contribution in [3.63, 3.8) is 0 Å². The molecule has 0 aromatic rings. The Balaban J connectivity index is 2.92. The van der Waals surface area contributed by atoms with Crippen LogP contribution in [-0.2, 0) is 9.63 Å². The van der Waals surface area contributed by atoms with Crippen LogP contribution in [0, 0.1) is 0 Å². The van der Waals surface area contributed by atoms with Gasteiger partial charge >= 0.3 is 18.3 Å². The van der Waals surface area contributed by atoms with Gasteiger partial charge in [0.15, 0.2) is 0 Å². The zero-order chi connectivity index (χ0) is 12.1. The number of nitrogens with zero attached hydrogens (tertiary/aromatic N) is 1. The highest BCUT2D eigenvalue weighted by molar-refractivity contribution is 5.65. The molecule has 15 heavy (non-hydrogen) atoms. The van der Waals surface area contributed by atoms with Gasteiger partial charge in [-0.05, 0) is 0 Å². The van der Waals surface area contributed by atoms with Crippen LogP contribution in [0.15, 0.2) is 0 Å². The monoisotopic (exact) mass is 237 g/mol. The van der Waals surface area contributed by atoms with Gasteiger partial charge in [-0.15, -0.1) is 5.06 Å². The summed E-state index contributed by atoms with van der Waals surface area (Å²) < 4.78 is 72.8. The summed E-state index contributed by atoms with van der Waals surface area (Å²) in [5, 5.41) is -0.421. The fourth-order valence-electron chi connectivity index (χ4n) is 1.06. The number of hydrogen-bond donors (Lipinski definition) is 0. The third-order valence-corrected chi connectivity index (χ3v) is 1.87. The van der Waals surface area contributed by atoms with Gasteiger partial charge in [0.05, 0.1) is 6.54 Å². The van der Waals surface area contributed by atoms with E-state index < -0.39 is 35.5 Å². The summed E-state index contributed by atoms with van der Waals surface area (Å²) in [6.07, 6.45) is -11.1. The molecule has 1 unspecified atom stereocenters. The van der Waals surface area contributed by atoms with Crippen molar-refractivity contribution in [2.75, 3.05) is 6.54 Å². The van der Waals surface area contributed by atoms with Crippen molar-refractivity contribution in [3.05, 3.63) is 0 Å². The summed E-state index contributed by atoms with van der Waals surface area (Å²) in [5.74, 6) is -1.23. The molecule has 1 atom stereocenters. The SMILES string of the molecule is CC(=O)ON1CC1(C(F)(F)F)C(F)(F)F. The largest absolute Gasteiger partial charge is 0.420 e. The van der Waals surface area contributed by atoms with Crippen molar-refractivity contribution in [1.29, 1.82) is 0 Å². The molecule has 1 aliphatic heterocycles. The second-order valence-electron chi connectivity index (χ2n) is 2.98. The molecular weight excluding hydrogens is 232 g/mol. The van der Waals surface area contributed by atoms with Crippen molar-refractivity contribution in [2.24, 2.45) is 0 Å². The molecule has 88 valence electrons. The zero-order valence-electron chi connectivity index (χ0n) is 7.24. The Hall–Kier alpha value is -0.990. The van der Waals surface area contributed by atoms with Crippen LogP contribution in [-0.4, -0.2) is 35.5 Å². The molecule has 1 fully saturated rings. The summed E-state index contributed by atoms with van der Waals surface area (Å²) in [6, 6.07) is 0. The quantitative estimate of drug-likeness (QED) is 0.513. The Bertz CT molecular complexity index is 268. The van der Waals surface area contributed by atoms with Gasteiger partial charge in [-0.25, -0.2) is 0 Å². The molecule has 0 radical (unpaired) electrons. The number of rotatable bonds is 1. The lowest BCUT2D eigenvalue weighted by Gasteiger charge is -2.22. The first kappa shape index (κ1) is 12.1. The topological polar surface area (TPSA) is 29.3 Å². The molecule has 0 spiro atoms. The molecule has 1 heterocycles. The Morgan fingerprint density at radius 3 is 1.80 bits per heavy atom. The Labute approximate surface area is 79.5 Å².